The first-order valence-corrected chi connectivity index (χ1v) is 13.3. The zero-order chi connectivity index (χ0) is 29.4. The molecule has 3 rings (SSSR count). The Balaban J connectivity index is 2.18. The molecular weight excluding hydrogens is 534 g/mol. The molecule has 0 radical (unpaired) electrons. The molecule has 214 valence electrons. The second-order valence-corrected chi connectivity index (χ2v) is 10.7. The first-order valence-electron chi connectivity index (χ1n) is 12.4. The molecule has 0 aliphatic carbocycles. The standard InChI is InChI=1S/C29H35N3O7S/c1-29(2,3)31-28(35)26(18-10-13-21(37-5)23(15-18)39-7)32(20-12-11-19(36-4)16-22(20)38-6)25(33)17-30-27(34)24-9-8-14-40-24/h8-16,26H,17H2,1-7H3,(H,30,34)(H,31,35)/t26-/m1/s1. The van der Waals surface area contributed by atoms with Crippen molar-refractivity contribution in [3.05, 3.63) is 64.4 Å². The molecule has 0 bridgehead atoms. The third-order valence-electron chi connectivity index (χ3n) is 5.79. The van der Waals surface area contributed by atoms with Gasteiger partial charge in [0.25, 0.3) is 5.91 Å². The minimum Gasteiger partial charge on any atom is -0.497 e. The lowest BCUT2D eigenvalue weighted by Gasteiger charge is -2.34. The number of ether oxygens (including phenoxy) is 4. The van der Waals surface area contributed by atoms with E-state index in [1.165, 1.54) is 44.7 Å². The van der Waals surface area contributed by atoms with Crippen molar-refractivity contribution < 1.29 is 33.3 Å². The van der Waals surface area contributed by atoms with Crippen LogP contribution in [0.5, 0.6) is 23.0 Å². The molecule has 1 aromatic heterocycles. The Morgan fingerprint density at radius 3 is 2.15 bits per heavy atom. The molecule has 11 heteroatoms. The van der Waals surface area contributed by atoms with Gasteiger partial charge in [0.05, 0.1) is 45.5 Å². The summed E-state index contributed by atoms with van der Waals surface area (Å²) in [5, 5.41) is 7.42. The molecule has 3 amide bonds. The first-order chi connectivity index (χ1) is 19.0. The normalized spacial score (nSPS) is 11.7. The summed E-state index contributed by atoms with van der Waals surface area (Å²) in [7, 11) is 5.97. The SMILES string of the molecule is COc1ccc(N(C(=O)CNC(=O)c2cccs2)[C@@H](C(=O)NC(C)(C)C)c2ccc(OC)c(OC)c2)c(OC)c1. The Kier molecular flexibility index (Phi) is 10.0. The smallest absolute Gasteiger partial charge is 0.261 e. The summed E-state index contributed by atoms with van der Waals surface area (Å²) in [6.45, 7) is 5.16. The maximum absolute atomic E-state index is 14.0. The molecule has 0 aliphatic heterocycles. The van der Waals surface area contributed by atoms with Crippen molar-refractivity contribution in [2.45, 2.75) is 32.4 Å². The molecule has 0 fully saturated rings. The number of methoxy groups -OCH3 is 4. The van der Waals surface area contributed by atoms with Crippen LogP contribution in [-0.2, 0) is 9.59 Å². The van der Waals surface area contributed by atoms with Gasteiger partial charge in [-0.25, -0.2) is 0 Å². The lowest BCUT2D eigenvalue weighted by molar-refractivity contribution is -0.127. The number of rotatable bonds is 11. The van der Waals surface area contributed by atoms with E-state index in [2.05, 4.69) is 10.6 Å². The molecule has 0 unspecified atom stereocenters. The van der Waals surface area contributed by atoms with Gasteiger partial charge >= 0.3 is 0 Å². The molecule has 40 heavy (non-hydrogen) atoms. The monoisotopic (exact) mass is 569 g/mol. The molecule has 1 atom stereocenters. The van der Waals surface area contributed by atoms with Crippen LogP contribution in [0.3, 0.4) is 0 Å². The number of nitrogens with zero attached hydrogens (tertiary/aromatic N) is 1. The van der Waals surface area contributed by atoms with Gasteiger partial charge in [-0.3, -0.25) is 19.3 Å². The molecular formula is C29H35N3O7S. The van der Waals surface area contributed by atoms with Gasteiger partial charge in [-0.2, -0.15) is 0 Å². The fourth-order valence-electron chi connectivity index (χ4n) is 4.02. The number of carbonyl (C=O) groups excluding carboxylic acids is 3. The minimum atomic E-state index is -1.17. The zero-order valence-corrected chi connectivity index (χ0v) is 24.5. The summed E-state index contributed by atoms with van der Waals surface area (Å²) in [5.41, 5.74) is 0.149. The number of hydrogen-bond acceptors (Lipinski definition) is 8. The van der Waals surface area contributed by atoms with Crippen molar-refractivity contribution >= 4 is 34.7 Å². The van der Waals surface area contributed by atoms with E-state index in [1.807, 2.05) is 20.8 Å². The van der Waals surface area contributed by atoms with Crippen LogP contribution < -0.4 is 34.5 Å². The van der Waals surface area contributed by atoms with Gasteiger partial charge in [0.1, 0.15) is 17.5 Å². The number of anilines is 1. The van der Waals surface area contributed by atoms with Crippen LogP contribution in [0, 0.1) is 0 Å². The van der Waals surface area contributed by atoms with Crippen molar-refractivity contribution in [3.63, 3.8) is 0 Å². The summed E-state index contributed by atoms with van der Waals surface area (Å²) in [6, 6.07) is 12.2. The van der Waals surface area contributed by atoms with Crippen molar-refractivity contribution in [1.29, 1.82) is 0 Å². The Hall–Kier alpha value is -4.25. The van der Waals surface area contributed by atoms with E-state index in [-0.39, 0.29) is 6.54 Å². The molecule has 0 aliphatic rings. The number of benzene rings is 2. The fourth-order valence-corrected chi connectivity index (χ4v) is 4.66. The number of thiophene rings is 1. The summed E-state index contributed by atoms with van der Waals surface area (Å²) in [4.78, 5) is 42.4. The highest BCUT2D eigenvalue weighted by Gasteiger charge is 2.36. The average Bonchev–Trinajstić information content (AvgIpc) is 3.48. The van der Waals surface area contributed by atoms with Crippen LogP contribution in [0.1, 0.15) is 42.0 Å². The molecule has 10 nitrogen and oxygen atoms in total. The highest BCUT2D eigenvalue weighted by molar-refractivity contribution is 7.12. The molecule has 0 saturated carbocycles. The van der Waals surface area contributed by atoms with Gasteiger partial charge in [-0.15, -0.1) is 11.3 Å². The molecule has 3 aromatic rings. The fraction of sp³-hybridized carbons (Fsp3) is 0.345. The van der Waals surface area contributed by atoms with E-state index in [0.29, 0.717) is 39.1 Å². The van der Waals surface area contributed by atoms with Gasteiger partial charge in [-0.05, 0) is 62.0 Å². The molecule has 2 N–H and O–H groups in total. The maximum atomic E-state index is 14.0. The van der Waals surface area contributed by atoms with Crippen molar-refractivity contribution in [2.75, 3.05) is 39.9 Å². The van der Waals surface area contributed by atoms with E-state index in [4.69, 9.17) is 18.9 Å². The summed E-state index contributed by atoms with van der Waals surface area (Å²) in [5.74, 6) is 0.254. The Morgan fingerprint density at radius 1 is 0.875 bits per heavy atom. The molecule has 0 saturated heterocycles. The summed E-state index contributed by atoms with van der Waals surface area (Å²) in [6.07, 6.45) is 0. The second kappa shape index (κ2) is 13.2. The third-order valence-corrected chi connectivity index (χ3v) is 6.66. The van der Waals surface area contributed by atoms with Crippen LogP contribution in [-0.4, -0.2) is 58.2 Å². The second-order valence-electron chi connectivity index (χ2n) is 9.72. The number of carbonyl (C=O) groups is 3. The van der Waals surface area contributed by atoms with Crippen molar-refractivity contribution in [2.24, 2.45) is 0 Å². The van der Waals surface area contributed by atoms with E-state index in [1.54, 1.807) is 53.9 Å². The van der Waals surface area contributed by atoms with Crippen LogP contribution in [0.2, 0.25) is 0 Å². The van der Waals surface area contributed by atoms with Crippen LogP contribution in [0.25, 0.3) is 0 Å². The number of amides is 3. The van der Waals surface area contributed by atoms with Crippen molar-refractivity contribution in [3.8, 4) is 23.0 Å². The van der Waals surface area contributed by atoms with Crippen LogP contribution in [0.15, 0.2) is 53.9 Å². The van der Waals surface area contributed by atoms with Gasteiger partial charge < -0.3 is 29.6 Å². The minimum absolute atomic E-state index is 0.298. The Labute approximate surface area is 238 Å². The van der Waals surface area contributed by atoms with Gasteiger partial charge in [0.2, 0.25) is 11.8 Å². The maximum Gasteiger partial charge on any atom is 0.261 e. The molecule has 2 aromatic carbocycles. The zero-order valence-electron chi connectivity index (χ0n) is 23.7. The van der Waals surface area contributed by atoms with Crippen molar-refractivity contribution in [1.82, 2.24) is 10.6 Å². The average molecular weight is 570 g/mol. The van der Waals surface area contributed by atoms with E-state index in [0.717, 1.165) is 0 Å². The quantitative estimate of drug-likeness (QED) is 0.356. The van der Waals surface area contributed by atoms with E-state index >= 15 is 0 Å². The predicted molar refractivity (Wildman–Crippen MR) is 154 cm³/mol. The molecule has 0 spiro atoms. The topological polar surface area (TPSA) is 115 Å². The first kappa shape index (κ1) is 30.3. The van der Waals surface area contributed by atoms with Gasteiger partial charge in [0, 0.05) is 11.6 Å². The van der Waals surface area contributed by atoms with Crippen LogP contribution >= 0.6 is 11.3 Å². The third kappa shape index (κ3) is 7.23. The number of nitrogens with one attached hydrogen (secondary N) is 2. The largest absolute Gasteiger partial charge is 0.497 e. The summed E-state index contributed by atoms with van der Waals surface area (Å²) >= 11 is 1.26. The van der Waals surface area contributed by atoms with E-state index in [9.17, 15) is 14.4 Å². The lowest BCUT2D eigenvalue weighted by atomic mass is 10.00. The highest BCUT2D eigenvalue weighted by atomic mass is 32.1. The van der Waals surface area contributed by atoms with Gasteiger partial charge in [-0.1, -0.05) is 12.1 Å². The Bertz CT molecular complexity index is 1340. The Morgan fingerprint density at radius 2 is 1.57 bits per heavy atom. The van der Waals surface area contributed by atoms with E-state index < -0.39 is 29.3 Å². The van der Waals surface area contributed by atoms with Crippen LogP contribution in [0.4, 0.5) is 5.69 Å². The summed E-state index contributed by atoms with van der Waals surface area (Å²) < 4.78 is 21.8. The number of hydrogen-bond donors (Lipinski definition) is 2. The predicted octanol–water partition coefficient (Wildman–Crippen LogP) is 4.20. The highest BCUT2D eigenvalue weighted by Crippen LogP contribution is 2.39. The molecule has 1 heterocycles. The van der Waals surface area contributed by atoms with Gasteiger partial charge in [0.15, 0.2) is 11.5 Å². The lowest BCUT2D eigenvalue weighted by Crippen LogP contribution is -2.51.